The molecule has 134 valence electrons. The minimum absolute atomic E-state index is 0.129. The molecule has 0 saturated carbocycles. The molecule has 0 spiro atoms. The summed E-state index contributed by atoms with van der Waals surface area (Å²) in [6, 6.07) is 7.95. The number of H-pyrrole nitrogens is 1. The lowest BCUT2D eigenvalue weighted by Crippen LogP contribution is -2.26. The van der Waals surface area contributed by atoms with Crippen LogP contribution >= 0.6 is 11.3 Å². The number of nitrogens with zero attached hydrogens (tertiary/aromatic N) is 2. The largest absolute Gasteiger partial charge is 0.496 e. The molecule has 26 heavy (non-hydrogen) atoms. The number of thiazole rings is 1. The van der Waals surface area contributed by atoms with Gasteiger partial charge in [-0.05, 0) is 25.0 Å². The van der Waals surface area contributed by atoms with E-state index in [2.05, 4.69) is 26.3 Å². The highest BCUT2D eigenvalue weighted by Gasteiger charge is 2.27. The Morgan fingerprint density at radius 2 is 2.15 bits per heavy atom. The first kappa shape index (κ1) is 16.8. The number of nitrogens with one attached hydrogen (secondary N) is 2. The number of hydrogen-bond donors (Lipinski definition) is 2. The molecule has 0 radical (unpaired) electrons. The molecule has 2 N–H and O–H groups in total. The number of aryl methyl sites for hydroxylation is 1. The first-order chi connectivity index (χ1) is 12.6. The van der Waals surface area contributed by atoms with Gasteiger partial charge in [0.1, 0.15) is 22.3 Å². The second-order valence-corrected chi connectivity index (χ2v) is 7.37. The molecule has 0 fully saturated rings. The average Bonchev–Trinajstić information content (AvgIpc) is 3.20. The minimum Gasteiger partial charge on any atom is -0.496 e. The molecule has 0 bridgehead atoms. The third-order valence-corrected chi connectivity index (χ3v) is 5.53. The molecule has 6 nitrogen and oxygen atoms in total. The lowest BCUT2D eigenvalue weighted by Gasteiger charge is -2.17. The monoisotopic (exact) mass is 368 g/mol. The van der Waals surface area contributed by atoms with E-state index in [0.717, 1.165) is 33.5 Å². The van der Waals surface area contributed by atoms with E-state index in [9.17, 15) is 4.79 Å². The number of rotatable bonds is 4. The smallest absolute Gasteiger partial charge is 0.271 e. The Morgan fingerprint density at radius 3 is 2.92 bits per heavy atom. The van der Waals surface area contributed by atoms with Gasteiger partial charge in [-0.1, -0.05) is 18.2 Å². The van der Waals surface area contributed by atoms with E-state index >= 15 is 0 Å². The van der Waals surface area contributed by atoms with Gasteiger partial charge < -0.3 is 15.0 Å². The standard InChI is InChI=1S/C19H20N4O2S/c1-11-10-26-17(21-11)8-16-22-14-7-12(9-20-19(24)18(14)23-16)13-5-3-4-6-15(13)25-2/h3-6,10,12H,7-9H2,1-2H3,(H,20,24)(H,22,23)/t12-/m1/s1. The summed E-state index contributed by atoms with van der Waals surface area (Å²) in [4.78, 5) is 24.8. The van der Waals surface area contributed by atoms with Gasteiger partial charge in [0.25, 0.3) is 5.91 Å². The predicted octanol–water partition coefficient (Wildman–Crippen LogP) is 2.84. The number of carbonyl (C=O) groups excluding carboxylic acids is 1. The van der Waals surface area contributed by atoms with E-state index in [-0.39, 0.29) is 11.8 Å². The van der Waals surface area contributed by atoms with Crippen LogP contribution in [0.5, 0.6) is 5.75 Å². The number of amides is 1. The first-order valence-corrected chi connectivity index (χ1v) is 9.42. The fourth-order valence-corrected chi connectivity index (χ4v) is 4.13. The van der Waals surface area contributed by atoms with Gasteiger partial charge in [0.15, 0.2) is 0 Å². The highest BCUT2D eigenvalue weighted by atomic mass is 32.1. The zero-order valence-electron chi connectivity index (χ0n) is 14.7. The summed E-state index contributed by atoms with van der Waals surface area (Å²) < 4.78 is 5.50. The Bertz CT molecular complexity index is 947. The number of aromatic nitrogens is 3. The van der Waals surface area contributed by atoms with Crippen molar-refractivity contribution < 1.29 is 9.53 Å². The second-order valence-electron chi connectivity index (χ2n) is 6.42. The van der Waals surface area contributed by atoms with Gasteiger partial charge in [0.2, 0.25) is 0 Å². The Balaban J connectivity index is 1.63. The van der Waals surface area contributed by atoms with Crippen LogP contribution in [0, 0.1) is 6.92 Å². The molecule has 0 saturated heterocycles. The molecule has 1 aliphatic heterocycles. The van der Waals surface area contributed by atoms with Crippen molar-refractivity contribution in [2.24, 2.45) is 0 Å². The van der Waals surface area contributed by atoms with E-state index in [1.807, 2.05) is 30.5 Å². The first-order valence-electron chi connectivity index (χ1n) is 8.54. The van der Waals surface area contributed by atoms with Gasteiger partial charge >= 0.3 is 0 Å². The van der Waals surface area contributed by atoms with Gasteiger partial charge in [-0.25, -0.2) is 9.97 Å². The van der Waals surface area contributed by atoms with Crippen molar-refractivity contribution in [2.45, 2.75) is 25.7 Å². The highest BCUT2D eigenvalue weighted by molar-refractivity contribution is 7.09. The minimum atomic E-state index is -0.129. The quantitative estimate of drug-likeness (QED) is 0.742. The van der Waals surface area contributed by atoms with Gasteiger partial charge in [-0.3, -0.25) is 4.79 Å². The number of ether oxygens (including phenoxy) is 1. The molecule has 3 aromatic rings. The molecule has 0 unspecified atom stereocenters. The molecule has 1 amide bonds. The van der Waals surface area contributed by atoms with Gasteiger partial charge in [0, 0.05) is 29.2 Å². The lowest BCUT2D eigenvalue weighted by atomic mass is 9.93. The molecule has 7 heteroatoms. The predicted molar refractivity (Wildman–Crippen MR) is 100 cm³/mol. The van der Waals surface area contributed by atoms with Gasteiger partial charge in [-0.2, -0.15) is 0 Å². The van der Waals surface area contributed by atoms with E-state index in [0.29, 0.717) is 25.1 Å². The maximum atomic E-state index is 12.5. The Kier molecular flexibility index (Phi) is 4.46. The van der Waals surface area contributed by atoms with Crippen LogP contribution in [0.25, 0.3) is 0 Å². The number of hydrogen-bond acceptors (Lipinski definition) is 5. The van der Waals surface area contributed by atoms with Crippen LogP contribution in [0.15, 0.2) is 29.6 Å². The number of benzene rings is 1. The molecule has 2 aromatic heterocycles. The summed E-state index contributed by atoms with van der Waals surface area (Å²) >= 11 is 1.61. The van der Waals surface area contributed by atoms with E-state index in [1.165, 1.54) is 0 Å². The zero-order valence-corrected chi connectivity index (χ0v) is 15.5. The number of para-hydroxylation sites is 1. The van der Waals surface area contributed by atoms with E-state index in [1.54, 1.807) is 18.4 Å². The van der Waals surface area contributed by atoms with Crippen LogP contribution in [-0.2, 0) is 12.8 Å². The maximum Gasteiger partial charge on any atom is 0.271 e. The molecular weight excluding hydrogens is 348 g/mol. The zero-order chi connectivity index (χ0) is 18.1. The molecule has 0 aliphatic carbocycles. The van der Waals surface area contributed by atoms with Crippen molar-refractivity contribution >= 4 is 17.2 Å². The van der Waals surface area contributed by atoms with Crippen molar-refractivity contribution in [3.05, 3.63) is 63.1 Å². The molecule has 1 aliphatic rings. The normalized spacial score (nSPS) is 16.7. The molecule has 3 heterocycles. The second kappa shape index (κ2) is 6.92. The van der Waals surface area contributed by atoms with Crippen LogP contribution in [-0.4, -0.2) is 34.5 Å². The van der Waals surface area contributed by atoms with E-state index in [4.69, 9.17) is 4.74 Å². The van der Waals surface area contributed by atoms with Crippen LogP contribution in [0.1, 0.15) is 44.2 Å². The Hall–Kier alpha value is -2.67. The van der Waals surface area contributed by atoms with Crippen LogP contribution in [0.3, 0.4) is 0 Å². The third-order valence-electron chi connectivity index (χ3n) is 4.57. The number of carbonyl (C=O) groups is 1. The summed E-state index contributed by atoms with van der Waals surface area (Å²) in [6.45, 7) is 2.53. The third kappa shape index (κ3) is 3.22. The van der Waals surface area contributed by atoms with Gasteiger partial charge in [-0.15, -0.1) is 11.3 Å². The Morgan fingerprint density at radius 1 is 1.31 bits per heavy atom. The maximum absolute atomic E-state index is 12.5. The fourth-order valence-electron chi connectivity index (χ4n) is 3.35. The molecule has 4 rings (SSSR count). The van der Waals surface area contributed by atoms with Crippen molar-refractivity contribution in [1.29, 1.82) is 0 Å². The van der Waals surface area contributed by atoms with Crippen molar-refractivity contribution in [3.8, 4) is 5.75 Å². The van der Waals surface area contributed by atoms with Crippen LogP contribution in [0.4, 0.5) is 0 Å². The van der Waals surface area contributed by atoms with Crippen LogP contribution in [0.2, 0.25) is 0 Å². The van der Waals surface area contributed by atoms with Crippen molar-refractivity contribution in [1.82, 2.24) is 20.3 Å². The molecule has 1 aromatic carbocycles. The summed E-state index contributed by atoms with van der Waals surface area (Å²) in [5, 5.41) is 6.01. The average molecular weight is 368 g/mol. The Labute approximate surface area is 155 Å². The molecular formula is C19H20N4O2S. The number of aromatic amines is 1. The van der Waals surface area contributed by atoms with Crippen molar-refractivity contribution in [2.75, 3.05) is 13.7 Å². The number of methoxy groups -OCH3 is 1. The van der Waals surface area contributed by atoms with Gasteiger partial charge in [0.05, 0.1) is 13.5 Å². The summed E-state index contributed by atoms with van der Waals surface area (Å²) in [5.41, 5.74) is 3.46. The fraction of sp³-hybridized carbons (Fsp3) is 0.316. The number of imidazole rings is 1. The van der Waals surface area contributed by atoms with Crippen LogP contribution < -0.4 is 10.1 Å². The van der Waals surface area contributed by atoms with Crippen molar-refractivity contribution in [3.63, 3.8) is 0 Å². The summed E-state index contributed by atoms with van der Waals surface area (Å²) in [7, 11) is 1.67. The summed E-state index contributed by atoms with van der Waals surface area (Å²) in [5.74, 6) is 1.62. The lowest BCUT2D eigenvalue weighted by molar-refractivity contribution is 0.0950. The highest BCUT2D eigenvalue weighted by Crippen LogP contribution is 2.31. The van der Waals surface area contributed by atoms with E-state index < -0.39 is 0 Å². The number of fused-ring (bicyclic) bond motifs is 1. The summed E-state index contributed by atoms with van der Waals surface area (Å²) in [6.07, 6.45) is 1.32. The molecule has 1 atom stereocenters. The topological polar surface area (TPSA) is 79.9 Å². The SMILES string of the molecule is COc1ccccc1[C@H]1CNC(=O)c2nc(Cc3nc(C)cs3)[nH]c2C1.